The van der Waals surface area contributed by atoms with Crippen molar-refractivity contribution in [3.05, 3.63) is 81.1 Å². The molecule has 0 atom stereocenters. The molecule has 0 saturated carbocycles. The first-order valence-electron chi connectivity index (χ1n) is 10.7. The fourth-order valence-electron chi connectivity index (χ4n) is 3.25. The summed E-state index contributed by atoms with van der Waals surface area (Å²) in [7, 11) is 0. The van der Waals surface area contributed by atoms with Gasteiger partial charge in [-0.25, -0.2) is 14.3 Å². The summed E-state index contributed by atoms with van der Waals surface area (Å²) in [5.41, 5.74) is 2.13. The molecule has 0 spiro atoms. The normalized spacial score (nSPS) is 11.1. The number of aryl methyl sites for hydroxylation is 2. The number of carbonyl (C=O) groups is 1. The highest BCUT2D eigenvalue weighted by Crippen LogP contribution is 2.29. The summed E-state index contributed by atoms with van der Waals surface area (Å²) in [4.78, 5) is 33.6. The van der Waals surface area contributed by atoms with Crippen LogP contribution in [0.1, 0.15) is 28.5 Å². The highest BCUT2D eigenvalue weighted by Gasteiger charge is 2.20. The molecule has 0 aliphatic heterocycles. The zero-order valence-corrected chi connectivity index (χ0v) is 20.0. The van der Waals surface area contributed by atoms with E-state index in [1.165, 1.54) is 9.95 Å². The molecule has 10 nitrogen and oxygen atoms in total. The van der Waals surface area contributed by atoms with Crippen LogP contribution in [0.2, 0.25) is 0 Å². The van der Waals surface area contributed by atoms with E-state index in [9.17, 15) is 14.7 Å². The Balaban J connectivity index is 1.80. The van der Waals surface area contributed by atoms with Gasteiger partial charge in [0.15, 0.2) is 5.69 Å². The van der Waals surface area contributed by atoms with E-state index in [-0.39, 0.29) is 29.1 Å². The topological polar surface area (TPSA) is 131 Å². The molecule has 4 aromatic rings. The molecule has 2 aromatic carbocycles. The highest BCUT2D eigenvalue weighted by atomic mass is 32.1. The van der Waals surface area contributed by atoms with Crippen molar-refractivity contribution in [2.45, 2.75) is 20.8 Å². The second kappa shape index (κ2) is 10.3. The minimum atomic E-state index is -0.631. The molecule has 0 aliphatic rings. The van der Waals surface area contributed by atoms with Crippen LogP contribution >= 0.6 is 11.3 Å². The van der Waals surface area contributed by atoms with Crippen LogP contribution in [0.15, 0.2) is 68.9 Å². The Labute approximate surface area is 204 Å². The van der Waals surface area contributed by atoms with Gasteiger partial charge in [0.25, 0.3) is 5.56 Å². The van der Waals surface area contributed by atoms with Crippen molar-refractivity contribution < 1.29 is 14.6 Å². The number of aromatic nitrogens is 3. The average Bonchev–Trinajstić information content (AvgIpc) is 3.31. The van der Waals surface area contributed by atoms with Crippen molar-refractivity contribution in [3.63, 3.8) is 0 Å². The van der Waals surface area contributed by atoms with E-state index in [0.717, 1.165) is 28.2 Å². The maximum absolute atomic E-state index is 13.5. The van der Waals surface area contributed by atoms with Crippen LogP contribution in [0.3, 0.4) is 0 Å². The molecule has 0 unspecified atom stereocenters. The molecule has 0 fully saturated rings. The van der Waals surface area contributed by atoms with Gasteiger partial charge in [-0.2, -0.15) is 4.98 Å². The number of anilines is 2. The number of ether oxygens (including phenoxy) is 1. The van der Waals surface area contributed by atoms with E-state index in [4.69, 9.17) is 4.74 Å². The number of benzene rings is 2. The molecule has 4 rings (SSSR count). The number of rotatable bonds is 7. The summed E-state index contributed by atoms with van der Waals surface area (Å²) in [5, 5.41) is 23.2. The number of carbonyl (C=O) groups excluding carboxylic acids is 1. The van der Waals surface area contributed by atoms with Gasteiger partial charge in [0.05, 0.1) is 12.3 Å². The van der Waals surface area contributed by atoms with E-state index < -0.39 is 17.4 Å². The minimum Gasteiger partial charge on any atom is -0.491 e. The number of thiazole rings is 1. The summed E-state index contributed by atoms with van der Waals surface area (Å²) in [6, 6.07) is 14.8. The summed E-state index contributed by atoms with van der Waals surface area (Å²) in [6.45, 7) is 5.69. The summed E-state index contributed by atoms with van der Waals surface area (Å²) < 4.78 is 6.25. The van der Waals surface area contributed by atoms with E-state index in [2.05, 4.69) is 25.5 Å². The number of azo groups is 1. The molecule has 0 aliphatic carbocycles. The average molecular weight is 491 g/mol. The van der Waals surface area contributed by atoms with Gasteiger partial charge in [0, 0.05) is 11.1 Å². The number of nitrogens with zero attached hydrogens (tertiary/aromatic N) is 5. The van der Waals surface area contributed by atoms with Gasteiger partial charge in [0.1, 0.15) is 0 Å². The third-order valence-corrected chi connectivity index (χ3v) is 5.73. The molecule has 35 heavy (non-hydrogen) atoms. The van der Waals surface area contributed by atoms with E-state index in [0.29, 0.717) is 5.69 Å². The molecule has 178 valence electrons. The maximum Gasteiger partial charge on any atom is 0.357 e. The zero-order chi connectivity index (χ0) is 24.9. The third kappa shape index (κ3) is 5.09. The van der Waals surface area contributed by atoms with Crippen LogP contribution in [0, 0.1) is 13.8 Å². The Morgan fingerprint density at radius 2 is 1.80 bits per heavy atom. The van der Waals surface area contributed by atoms with Crippen molar-refractivity contribution in [2.75, 3.05) is 11.9 Å². The predicted molar refractivity (Wildman–Crippen MR) is 133 cm³/mol. The van der Waals surface area contributed by atoms with Crippen molar-refractivity contribution in [1.82, 2.24) is 14.5 Å². The van der Waals surface area contributed by atoms with E-state index in [1.807, 2.05) is 50.2 Å². The van der Waals surface area contributed by atoms with Gasteiger partial charge < -0.3 is 15.2 Å². The summed E-state index contributed by atoms with van der Waals surface area (Å²) in [6.07, 6.45) is 0. The number of hydrogen-bond donors (Lipinski definition) is 2. The molecule has 2 N–H and O–H groups in total. The largest absolute Gasteiger partial charge is 0.491 e. The van der Waals surface area contributed by atoms with Crippen molar-refractivity contribution >= 4 is 39.8 Å². The van der Waals surface area contributed by atoms with Gasteiger partial charge in [-0.05, 0) is 44.0 Å². The smallest absolute Gasteiger partial charge is 0.357 e. The van der Waals surface area contributed by atoms with Gasteiger partial charge >= 0.3 is 5.97 Å². The van der Waals surface area contributed by atoms with Crippen LogP contribution < -0.4 is 10.9 Å². The maximum atomic E-state index is 13.5. The van der Waals surface area contributed by atoms with Gasteiger partial charge in [0.2, 0.25) is 22.6 Å². The monoisotopic (exact) mass is 490 g/mol. The molecule has 0 bridgehead atoms. The fraction of sp³-hybridized carbons (Fsp3) is 0.167. The third-order valence-electron chi connectivity index (χ3n) is 5.00. The van der Waals surface area contributed by atoms with Crippen LogP contribution in [-0.4, -0.2) is 32.2 Å². The number of para-hydroxylation sites is 2. The molecule has 2 aromatic heterocycles. The number of aromatic hydroxyl groups is 1. The van der Waals surface area contributed by atoms with Gasteiger partial charge in [-0.3, -0.25) is 4.79 Å². The molecular formula is C24H22N6O4S. The van der Waals surface area contributed by atoms with Crippen LogP contribution in [-0.2, 0) is 4.74 Å². The second-order valence-corrected chi connectivity index (χ2v) is 8.25. The minimum absolute atomic E-state index is 0.0863. The molecular weight excluding hydrogens is 468 g/mol. The first-order valence-corrected chi connectivity index (χ1v) is 11.6. The molecule has 0 radical (unpaired) electrons. The van der Waals surface area contributed by atoms with Crippen LogP contribution in [0.25, 0.3) is 5.69 Å². The van der Waals surface area contributed by atoms with Crippen molar-refractivity contribution in [2.24, 2.45) is 10.2 Å². The Hall–Kier alpha value is -4.38. The van der Waals surface area contributed by atoms with E-state index in [1.54, 1.807) is 19.1 Å². The Morgan fingerprint density at radius 3 is 2.51 bits per heavy atom. The molecule has 0 amide bonds. The lowest BCUT2D eigenvalue weighted by Crippen LogP contribution is -2.23. The standard InChI is InChI=1S/C24H22N6O4S/c1-4-34-22(33)17-13-35-24(26-17)29-28-19-20(31)27-23(25-16-11-7-5-9-14(16)2)30(21(19)32)18-12-8-6-10-15(18)3/h5-13,31H,4H2,1-3H3,(H,25,27). The summed E-state index contributed by atoms with van der Waals surface area (Å²) >= 11 is 1.05. The zero-order valence-electron chi connectivity index (χ0n) is 19.2. The SMILES string of the molecule is CCOC(=O)c1csc(N=Nc2c(O)nc(Nc3ccccc3C)n(-c3ccccc3C)c2=O)n1. The predicted octanol–water partition coefficient (Wildman–Crippen LogP) is 5.35. The van der Waals surface area contributed by atoms with Gasteiger partial charge in [-0.15, -0.1) is 21.6 Å². The molecule has 11 heteroatoms. The number of esters is 1. The second-order valence-electron chi connectivity index (χ2n) is 7.41. The lowest BCUT2D eigenvalue weighted by atomic mass is 10.2. The van der Waals surface area contributed by atoms with E-state index >= 15 is 0 Å². The molecule has 2 heterocycles. The van der Waals surface area contributed by atoms with Crippen molar-refractivity contribution in [1.29, 1.82) is 0 Å². The van der Waals surface area contributed by atoms with Crippen LogP contribution in [0.4, 0.5) is 22.5 Å². The Morgan fingerprint density at radius 1 is 1.09 bits per heavy atom. The highest BCUT2D eigenvalue weighted by molar-refractivity contribution is 7.13. The lowest BCUT2D eigenvalue weighted by Gasteiger charge is -2.17. The summed E-state index contributed by atoms with van der Waals surface area (Å²) in [5.74, 6) is -1.06. The van der Waals surface area contributed by atoms with Crippen molar-refractivity contribution in [3.8, 4) is 11.6 Å². The van der Waals surface area contributed by atoms with Gasteiger partial charge in [-0.1, -0.05) is 36.4 Å². The Bertz CT molecular complexity index is 1480. The van der Waals surface area contributed by atoms with Crippen LogP contribution in [0.5, 0.6) is 5.88 Å². The molecule has 0 saturated heterocycles. The Kier molecular flexibility index (Phi) is 6.97. The number of nitrogens with one attached hydrogen (secondary N) is 1. The first-order chi connectivity index (χ1) is 16.9. The first kappa shape index (κ1) is 23.8. The fourth-order valence-corrected chi connectivity index (χ4v) is 3.85. The number of hydrogen-bond acceptors (Lipinski definition) is 10. The lowest BCUT2D eigenvalue weighted by molar-refractivity contribution is 0.0520. The quantitative estimate of drug-likeness (QED) is 0.264.